The third-order valence-corrected chi connectivity index (χ3v) is 0.749. The standard InChI is InChI=1S/2C3H3FO4.2Li/c2*4-8-3(7)1-2(5)6;;/h2*1H2,(H,5,6);;/q;;2*+1/p-2. The van der Waals surface area contributed by atoms with E-state index in [4.69, 9.17) is 0 Å². The fourth-order valence-electron chi connectivity index (χ4n) is 0.290. The second-order valence-electron chi connectivity index (χ2n) is 2.00. The van der Waals surface area contributed by atoms with Crippen molar-refractivity contribution < 1.29 is 86.0 Å². The van der Waals surface area contributed by atoms with E-state index < -0.39 is 36.7 Å². The normalized spacial score (nSPS) is 7.22. The Morgan fingerprint density at radius 1 is 0.778 bits per heavy atom. The number of carboxylic acids is 2. The molecule has 0 aromatic heterocycles. The van der Waals surface area contributed by atoms with Crippen LogP contribution in [0.4, 0.5) is 9.05 Å². The van der Waals surface area contributed by atoms with Crippen LogP contribution in [0.1, 0.15) is 12.8 Å². The van der Waals surface area contributed by atoms with Crippen molar-refractivity contribution in [2.75, 3.05) is 0 Å². The van der Waals surface area contributed by atoms with E-state index in [0.717, 1.165) is 0 Å². The molecule has 0 unspecified atom stereocenters. The molecule has 0 aromatic rings. The zero-order valence-corrected chi connectivity index (χ0v) is 9.44. The molecule has 0 bridgehead atoms. The number of hydrogen-bond donors (Lipinski definition) is 0. The predicted octanol–water partition coefficient (Wildman–Crippen LogP) is -8.88. The minimum Gasteiger partial charge on any atom is -0.550 e. The topological polar surface area (TPSA) is 133 Å². The maximum atomic E-state index is 10.6. The van der Waals surface area contributed by atoms with Gasteiger partial charge >= 0.3 is 49.7 Å². The molecule has 12 heteroatoms. The summed E-state index contributed by atoms with van der Waals surface area (Å²) in [4.78, 5) is 43.0. The Bertz CT molecular complexity index is 257. The largest absolute Gasteiger partial charge is 1.00 e. The number of rotatable bonds is 4. The van der Waals surface area contributed by atoms with Gasteiger partial charge < -0.3 is 19.8 Å². The van der Waals surface area contributed by atoms with Crippen LogP contribution in [0.3, 0.4) is 0 Å². The average Bonchev–Trinajstić information content (AvgIpc) is 2.16. The number of carbonyl (C=O) groups excluding carboxylic acids is 4. The molecule has 0 fully saturated rings. The fraction of sp³-hybridized carbons (Fsp3) is 0.333. The van der Waals surface area contributed by atoms with E-state index in [-0.39, 0.29) is 37.7 Å². The first-order chi connectivity index (χ1) is 7.33. The zero-order chi connectivity index (χ0) is 13.1. The van der Waals surface area contributed by atoms with Crippen LogP contribution in [0.5, 0.6) is 0 Å². The maximum Gasteiger partial charge on any atom is 1.00 e. The van der Waals surface area contributed by atoms with Gasteiger partial charge in [-0.15, -0.1) is 0 Å². The van der Waals surface area contributed by atoms with Crippen molar-refractivity contribution in [3.63, 3.8) is 0 Å². The number of halogens is 2. The molecule has 0 aliphatic carbocycles. The van der Waals surface area contributed by atoms with Crippen molar-refractivity contribution in [3.8, 4) is 0 Å². The second kappa shape index (κ2) is 15.9. The first kappa shape index (κ1) is 25.7. The van der Waals surface area contributed by atoms with Gasteiger partial charge in [0.2, 0.25) is 0 Å². The quantitative estimate of drug-likeness (QED) is 0.357. The van der Waals surface area contributed by atoms with Crippen LogP contribution < -0.4 is 47.9 Å². The van der Waals surface area contributed by atoms with Gasteiger partial charge in [-0.25, -0.2) is 9.59 Å². The van der Waals surface area contributed by atoms with Crippen molar-refractivity contribution in [3.05, 3.63) is 0 Å². The Labute approximate surface area is 123 Å². The summed E-state index contributed by atoms with van der Waals surface area (Å²) in [6, 6.07) is 0. The molecule has 0 aromatic carbocycles. The number of carboxylic acid groups (broad SMARTS) is 2. The van der Waals surface area contributed by atoms with E-state index in [0.29, 0.717) is 0 Å². The molecule has 0 saturated heterocycles. The molecular formula is C6H4F2Li2O8. The van der Waals surface area contributed by atoms with Gasteiger partial charge in [-0.2, -0.15) is 0 Å². The van der Waals surface area contributed by atoms with Crippen LogP contribution >= 0.6 is 0 Å². The number of hydrogen-bond acceptors (Lipinski definition) is 8. The molecular weight excluding hydrogens is 252 g/mol. The Hall–Kier alpha value is -1.07. The third kappa shape index (κ3) is 24.3. The Morgan fingerprint density at radius 3 is 1.06 bits per heavy atom. The summed E-state index contributed by atoms with van der Waals surface area (Å²) in [5.41, 5.74) is 0. The van der Waals surface area contributed by atoms with Gasteiger partial charge in [-0.1, -0.05) is 0 Å². The fourth-order valence-corrected chi connectivity index (χ4v) is 0.290. The van der Waals surface area contributed by atoms with Crippen molar-refractivity contribution in [2.24, 2.45) is 0 Å². The first-order valence-corrected chi connectivity index (χ1v) is 3.36. The zero-order valence-electron chi connectivity index (χ0n) is 9.44. The summed E-state index contributed by atoms with van der Waals surface area (Å²) in [5, 5.41) is 18.8. The van der Waals surface area contributed by atoms with E-state index in [2.05, 4.69) is 9.88 Å². The molecule has 0 aliphatic rings. The van der Waals surface area contributed by atoms with Gasteiger partial charge in [0.25, 0.3) is 0 Å². The van der Waals surface area contributed by atoms with Crippen LogP contribution in [-0.4, -0.2) is 23.9 Å². The van der Waals surface area contributed by atoms with Crippen LogP contribution in [0.25, 0.3) is 0 Å². The van der Waals surface area contributed by atoms with Crippen molar-refractivity contribution in [1.29, 1.82) is 0 Å². The van der Waals surface area contributed by atoms with E-state index in [9.17, 15) is 38.4 Å². The van der Waals surface area contributed by atoms with E-state index in [1.165, 1.54) is 0 Å². The van der Waals surface area contributed by atoms with E-state index in [1.54, 1.807) is 0 Å². The summed E-state index contributed by atoms with van der Waals surface area (Å²) >= 11 is 0. The molecule has 0 N–H and O–H groups in total. The molecule has 0 aliphatic heterocycles. The minimum atomic E-state index is -1.66. The van der Waals surface area contributed by atoms with Gasteiger partial charge in [-0.3, -0.25) is 9.88 Å². The third-order valence-electron chi connectivity index (χ3n) is 0.749. The van der Waals surface area contributed by atoms with Crippen molar-refractivity contribution >= 4 is 23.9 Å². The molecule has 0 atom stereocenters. The second-order valence-corrected chi connectivity index (χ2v) is 2.00. The maximum absolute atomic E-state index is 10.6. The molecule has 0 rings (SSSR count). The van der Waals surface area contributed by atoms with Crippen LogP contribution in [0.15, 0.2) is 0 Å². The predicted molar refractivity (Wildman–Crippen MR) is 33.6 cm³/mol. The van der Waals surface area contributed by atoms with Gasteiger partial charge in [0, 0.05) is 9.05 Å². The van der Waals surface area contributed by atoms with Crippen molar-refractivity contribution in [2.45, 2.75) is 12.8 Å². The monoisotopic (exact) mass is 256 g/mol. The summed E-state index contributed by atoms with van der Waals surface area (Å²) in [6.45, 7) is 0. The molecule has 0 spiro atoms. The molecule has 0 radical (unpaired) electrons. The Kier molecular flexibility index (Phi) is 22.8. The van der Waals surface area contributed by atoms with Crippen LogP contribution in [0.2, 0.25) is 0 Å². The molecule has 0 heterocycles. The molecule has 8 nitrogen and oxygen atoms in total. The van der Waals surface area contributed by atoms with Gasteiger partial charge in [0.15, 0.2) is 0 Å². The van der Waals surface area contributed by atoms with Gasteiger partial charge in [0.05, 0.1) is 24.8 Å². The number of carbonyl (C=O) groups is 4. The summed E-state index contributed by atoms with van der Waals surface area (Å²) in [5.74, 6) is -6.23. The summed E-state index contributed by atoms with van der Waals surface area (Å²) in [7, 11) is 0. The SMILES string of the molecule is O=C([O-])CC(=O)OF.O=C([O-])CC(=O)OF.[Li+].[Li+]. The molecule has 0 amide bonds. The van der Waals surface area contributed by atoms with Crippen LogP contribution in [-0.2, 0) is 29.1 Å². The Balaban J connectivity index is -0.0000000980. The first-order valence-electron chi connectivity index (χ1n) is 3.36. The summed E-state index contributed by atoms with van der Waals surface area (Å²) in [6.07, 6.45) is -2.09. The van der Waals surface area contributed by atoms with E-state index >= 15 is 0 Å². The number of aliphatic carboxylic acids is 2. The Morgan fingerprint density at radius 2 is 1.00 bits per heavy atom. The molecule has 18 heavy (non-hydrogen) atoms. The smallest absolute Gasteiger partial charge is 0.550 e. The van der Waals surface area contributed by atoms with Gasteiger partial charge in [-0.05, 0) is 0 Å². The van der Waals surface area contributed by atoms with Gasteiger partial charge in [0.1, 0.15) is 0 Å². The van der Waals surface area contributed by atoms with Crippen molar-refractivity contribution in [1.82, 2.24) is 0 Å². The average molecular weight is 256 g/mol. The molecule has 0 saturated carbocycles. The molecule has 92 valence electrons. The minimum absolute atomic E-state index is 0. The van der Waals surface area contributed by atoms with Crippen LogP contribution in [0, 0.1) is 0 Å². The summed E-state index contributed by atoms with van der Waals surface area (Å²) < 4.78 is 21.2. The van der Waals surface area contributed by atoms with E-state index in [1.807, 2.05) is 0 Å².